The minimum atomic E-state index is -1.12. The normalized spacial score (nSPS) is 12.3. The first-order valence-corrected chi connectivity index (χ1v) is 6.40. The monoisotopic (exact) mass is 281 g/mol. The van der Waals surface area contributed by atoms with Gasteiger partial charge in [0.1, 0.15) is 11.6 Å². The van der Waals surface area contributed by atoms with Crippen LogP contribution in [0.15, 0.2) is 39.6 Å². The molecule has 0 radical (unpaired) electrons. The molecule has 100 valence electrons. The molecule has 0 amide bonds. The lowest BCUT2D eigenvalue weighted by atomic mass is 10.3. The van der Waals surface area contributed by atoms with E-state index in [0.29, 0.717) is 16.3 Å². The van der Waals surface area contributed by atoms with Crippen molar-refractivity contribution in [1.82, 2.24) is 0 Å². The highest BCUT2D eigenvalue weighted by Crippen LogP contribution is 2.38. The predicted molar refractivity (Wildman–Crippen MR) is 70.8 cm³/mol. The van der Waals surface area contributed by atoms with Crippen molar-refractivity contribution < 1.29 is 18.7 Å². The standard InChI is InChI=1S/C13H12FNO3S/c1-7(10-4-5-11(18-10)13(16)17)19-12-6-8(14)2-3-9(12)15/h2-7H,15H2,1H3,(H,16,17). The van der Waals surface area contributed by atoms with Crippen molar-refractivity contribution in [2.75, 3.05) is 5.73 Å². The number of nitrogen functional groups attached to an aromatic ring is 1. The molecule has 3 N–H and O–H groups in total. The molecule has 0 saturated carbocycles. The second kappa shape index (κ2) is 5.36. The number of furan rings is 1. The van der Waals surface area contributed by atoms with Gasteiger partial charge in [-0.05, 0) is 37.3 Å². The van der Waals surface area contributed by atoms with Crippen LogP contribution in [0.3, 0.4) is 0 Å². The fourth-order valence-corrected chi connectivity index (χ4v) is 2.55. The largest absolute Gasteiger partial charge is 0.475 e. The summed E-state index contributed by atoms with van der Waals surface area (Å²) in [5.41, 5.74) is 6.23. The van der Waals surface area contributed by atoms with Crippen molar-refractivity contribution >= 4 is 23.4 Å². The van der Waals surface area contributed by atoms with E-state index in [9.17, 15) is 9.18 Å². The highest BCUT2D eigenvalue weighted by molar-refractivity contribution is 7.99. The van der Waals surface area contributed by atoms with Gasteiger partial charge >= 0.3 is 5.97 Å². The molecule has 2 aromatic rings. The van der Waals surface area contributed by atoms with Crippen molar-refractivity contribution in [3.05, 3.63) is 47.7 Å². The molecule has 0 spiro atoms. The van der Waals surface area contributed by atoms with Gasteiger partial charge in [0.05, 0.1) is 5.25 Å². The van der Waals surface area contributed by atoms with Crippen LogP contribution in [0.1, 0.15) is 28.5 Å². The molecule has 0 saturated heterocycles. The van der Waals surface area contributed by atoms with Gasteiger partial charge in [-0.1, -0.05) is 0 Å². The molecule has 0 fully saturated rings. The molecule has 0 aliphatic carbocycles. The molecule has 0 bridgehead atoms. The number of hydrogen-bond donors (Lipinski definition) is 2. The first-order valence-electron chi connectivity index (χ1n) is 5.52. The van der Waals surface area contributed by atoms with Gasteiger partial charge in [-0.2, -0.15) is 0 Å². The summed E-state index contributed by atoms with van der Waals surface area (Å²) in [6, 6.07) is 7.12. The Kier molecular flexibility index (Phi) is 3.80. The van der Waals surface area contributed by atoms with E-state index < -0.39 is 5.97 Å². The maximum atomic E-state index is 13.1. The van der Waals surface area contributed by atoms with E-state index >= 15 is 0 Å². The van der Waals surface area contributed by atoms with Crippen LogP contribution in [-0.2, 0) is 0 Å². The number of carboxylic acid groups (broad SMARTS) is 1. The molecule has 0 aliphatic heterocycles. The number of halogens is 1. The zero-order valence-electron chi connectivity index (χ0n) is 10.1. The van der Waals surface area contributed by atoms with Crippen LogP contribution in [0.25, 0.3) is 0 Å². The molecule has 1 unspecified atom stereocenters. The quantitative estimate of drug-likeness (QED) is 0.662. The lowest BCUT2D eigenvalue weighted by molar-refractivity contribution is 0.0660. The lowest BCUT2D eigenvalue weighted by Crippen LogP contribution is -1.94. The van der Waals surface area contributed by atoms with Crippen LogP contribution in [0.4, 0.5) is 10.1 Å². The van der Waals surface area contributed by atoms with Gasteiger partial charge in [0.15, 0.2) is 0 Å². The van der Waals surface area contributed by atoms with Gasteiger partial charge < -0.3 is 15.3 Å². The molecular formula is C13H12FNO3S. The van der Waals surface area contributed by atoms with E-state index in [1.54, 1.807) is 6.07 Å². The number of thioether (sulfide) groups is 1. The molecule has 1 atom stereocenters. The van der Waals surface area contributed by atoms with Gasteiger partial charge in [0.2, 0.25) is 5.76 Å². The number of benzene rings is 1. The zero-order chi connectivity index (χ0) is 14.0. The minimum absolute atomic E-state index is 0.116. The fourth-order valence-electron chi connectivity index (χ4n) is 1.55. The van der Waals surface area contributed by atoms with Crippen LogP contribution in [0, 0.1) is 5.82 Å². The van der Waals surface area contributed by atoms with E-state index in [1.807, 2.05) is 6.92 Å². The number of hydrogen-bond acceptors (Lipinski definition) is 4. The van der Waals surface area contributed by atoms with Gasteiger partial charge in [-0.15, -0.1) is 11.8 Å². The number of rotatable bonds is 4. The summed E-state index contributed by atoms with van der Waals surface area (Å²) in [5.74, 6) is -1.09. The van der Waals surface area contributed by atoms with E-state index in [4.69, 9.17) is 15.3 Å². The number of carbonyl (C=O) groups is 1. The second-order valence-corrected chi connectivity index (χ2v) is 5.33. The molecule has 0 aliphatic rings. The van der Waals surface area contributed by atoms with Crippen molar-refractivity contribution in [1.29, 1.82) is 0 Å². The number of nitrogens with two attached hydrogens (primary N) is 1. The van der Waals surface area contributed by atoms with Crippen LogP contribution >= 0.6 is 11.8 Å². The van der Waals surface area contributed by atoms with Crippen molar-refractivity contribution in [3.63, 3.8) is 0 Å². The summed E-state index contributed by atoms with van der Waals surface area (Å²) in [4.78, 5) is 11.3. The fraction of sp³-hybridized carbons (Fsp3) is 0.154. The Labute approximate surface area is 113 Å². The molecule has 1 aromatic carbocycles. The molecule has 2 rings (SSSR count). The third-order valence-corrected chi connectivity index (χ3v) is 3.71. The highest BCUT2D eigenvalue weighted by Gasteiger charge is 2.16. The first-order chi connectivity index (χ1) is 8.97. The third-order valence-electron chi connectivity index (χ3n) is 2.52. The van der Waals surface area contributed by atoms with Crippen LogP contribution < -0.4 is 5.73 Å². The smallest absolute Gasteiger partial charge is 0.371 e. The van der Waals surface area contributed by atoms with E-state index in [0.717, 1.165) is 0 Å². The first kappa shape index (κ1) is 13.5. The van der Waals surface area contributed by atoms with Gasteiger partial charge in [-0.25, -0.2) is 9.18 Å². The Morgan fingerprint density at radius 2 is 2.16 bits per heavy atom. The zero-order valence-corrected chi connectivity index (χ0v) is 10.9. The summed E-state index contributed by atoms with van der Waals surface area (Å²) in [6.07, 6.45) is 0. The molecular weight excluding hydrogens is 269 g/mol. The Morgan fingerprint density at radius 1 is 1.42 bits per heavy atom. The van der Waals surface area contributed by atoms with Crippen molar-refractivity contribution in [3.8, 4) is 0 Å². The van der Waals surface area contributed by atoms with E-state index in [1.165, 1.54) is 36.0 Å². The Balaban J connectivity index is 2.17. The summed E-state index contributed by atoms with van der Waals surface area (Å²) in [6.45, 7) is 1.83. The average molecular weight is 281 g/mol. The average Bonchev–Trinajstić information content (AvgIpc) is 2.83. The Morgan fingerprint density at radius 3 is 2.79 bits per heavy atom. The SMILES string of the molecule is CC(Sc1cc(F)ccc1N)c1ccc(C(=O)O)o1. The molecule has 1 aromatic heterocycles. The molecule has 1 heterocycles. The summed E-state index contributed by atoms with van der Waals surface area (Å²) >= 11 is 1.31. The molecule has 19 heavy (non-hydrogen) atoms. The van der Waals surface area contributed by atoms with Crippen LogP contribution in [0.2, 0.25) is 0 Å². The van der Waals surface area contributed by atoms with Crippen LogP contribution in [0.5, 0.6) is 0 Å². The number of anilines is 1. The summed E-state index contributed by atoms with van der Waals surface area (Å²) < 4.78 is 18.3. The Bertz CT molecular complexity index is 612. The van der Waals surface area contributed by atoms with E-state index in [-0.39, 0.29) is 16.8 Å². The summed E-state index contributed by atoms with van der Waals surface area (Å²) in [7, 11) is 0. The number of carboxylic acids is 1. The number of aromatic carboxylic acids is 1. The van der Waals surface area contributed by atoms with Gasteiger partial charge in [0, 0.05) is 10.6 Å². The third kappa shape index (κ3) is 3.08. The lowest BCUT2D eigenvalue weighted by Gasteiger charge is -2.10. The maximum absolute atomic E-state index is 13.1. The summed E-state index contributed by atoms with van der Waals surface area (Å²) in [5, 5.41) is 8.61. The maximum Gasteiger partial charge on any atom is 0.371 e. The van der Waals surface area contributed by atoms with Crippen molar-refractivity contribution in [2.24, 2.45) is 0 Å². The Hall–Kier alpha value is -1.95. The van der Waals surface area contributed by atoms with Crippen molar-refractivity contribution in [2.45, 2.75) is 17.1 Å². The highest BCUT2D eigenvalue weighted by atomic mass is 32.2. The van der Waals surface area contributed by atoms with Crippen LogP contribution in [-0.4, -0.2) is 11.1 Å². The molecule has 6 heteroatoms. The topological polar surface area (TPSA) is 76.5 Å². The van der Waals surface area contributed by atoms with Gasteiger partial charge in [-0.3, -0.25) is 0 Å². The second-order valence-electron chi connectivity index (χ2n) is 3.95. The predicted octanol–water partition coefficient (Wildman–Crippen LogP) is 3.55. The minimum Gasteiger partial charge on any atom is -0.475 e. The van der Waals surface area contributed by atoms with E-state index in [2.05, 4.69) is 0 Å². The van der Waals surface area contributed by atoms with Gasteiger partial charge in [0.25, 0.3) is 0 Å². The molecule has 4 nitrogen and oxygen atoms in total.